The topological polar surface area (TPSA) is 131 Å². The lowest BCUT2D eigenvalue weighted by atomic mass is 10.0. The Kier molecular flexibility index (Phi) is 10.2. The maximum absolute atomic E-state index is 11.9. The molecule has 1 aromatic carbocycles. The average Bonchev–Trinajstić information content (AvgIpc) is 2.68. The number of rotatable bonds is 10. The predicted molar refractivity (Wildman–Crippen MR) is 114 cm³/mol. The normalized spacial score (nSPS) is 13.6. The third-order valence-electron chi connectivity index (χ3n) is 3.88. The molecule has 2 unspecified atom stereocenters. The molecule has 0 aliphatic rings. The number of likely N-dealkylation sites (N-methyl/N-ethyl adjacent to an activating group) is 1. The Balaban J connectivity index is 2.79. The quantitative estimate of drug-likeness (QED) is 0.165. The van der Waals surface area contributed by atoms with Gasteiger partial charge in [-0.1, -0.05) is 36.9 Å². The molecule has 0 bridgehead atoms. The Morgan fingerprint density at radius 1 is 1.20 bits per heavy atom. The van der Waals surface area contributed by atoms with Crippen molar-refractivity contribution < 1.29 is 24.7 Å². The number of benzene rings is 1. The van der Waals surface area contributed by atoms with Gasteiger partial charge in [-0.3, -0.25) is 19.6 Å². The minimum absolute atomic E-state index is 0.119. The van der Waals surface area contributed by atoms with Gasteiger partial charge in [-0.05, 0) is 44.3 Å². The summed E-state index contributed by atoms with van der Waals surface area (Å²) in [4.78, 5) is 36.9. The number of hydrogen-bond acceptors (Lipinski definition) is 6. The second kappa shape index (κ2) is 12.3. The van der Waals surface area contributed by atoms with E-state index in [4.69, 9.17) is 5.21 Å². The van der Waals surface area contributed by atoms with Gasteiger partial charge >= 0.3 is 0 Å². The van der Waals surface area contributed by atoms with Crippen LogP contribution in [0.4, 0.5) is 5.69 Å². The Labute approximate surface area is 175 Å². The molecule has 0 aliphatic carbocycles. The summed E-state index contributed by atoms with van der Waals surface area (Å²) >= 11 is 0. The summed E-state index contributed by atoms with van der Waals surface area (Å²) in [6.45, 7) is 5.34. The van der Waals surface area contributed by atoms with Crippen molar-refractivity contribution in [2.24, 2.45) is 0 Å². The number of amides is 3. The zero-order valence-corrected chi connectivity index (χ0v) is 17.3. The highest BCUT2D eigenvalue weighted by molar-refractivity contribution is 5.94. The standard InChI is InChI=1S/C21H28N4O5/c1-5-15(7-6-8-18(27)23-20(14(2)26)21(29)24-30)16-9-11-17(12-10-16)22-19(28)13-25(3)4/h5-12,14,20,26,30H,1,13H2,2-4H3,(H,22,28)(H,23,27)(H,24,29)/b8-6+,15-7+. The number of carbonyl (C=O) groups is 3. The third kappa shape index (κ3) is 8.39. The van der Waals surface area contributed by atoms with Gasteiger partial charge in [-0.2, -0.15) is 0 Å². The van der Waals surface area contributed by atoms with Crippen molar-refractivity contribution in [2.75, 3.05) is 26.0 Å². The number of aliphatic hydroxyl groups is 1. The predicted octanol–water partition coefficient (Wildman–Crippen LogP) is 0.683. The lowest BCUT2D eigenvalue weighted by Crippen LogP contribution is -2.51. The maximum Gasteiger partial charge on any atom is 0.268 e. The van der Waals surface area contributed by atoms with Crippen molar-refractivity contribution in [1.82, 2.24) is 15.7 Å². The Morgan fingerprint density at radius 2 is 1.83 bits per heavy atom. The minimum atomic E-state index is -1.29. The highest BCUT2D eigenvalue weighted by atomic mass is 16.5. The van der Waals surface area contributed by atoms with Gasteiger partial charge < -0.3 is 20.6 Å². The smallest absolute Gasteiger partial charge is 0.268 e. The minimum Gasteiger partial charge on any atom is -0.391 e. The van der Waals surface area contributed by atoms with Gasteiger partial charge in [0.05, 0.1) is 12.6 Å². The second-order valence-corrected chi connectivity index (χ2v) is 6.75. The van der Waals surface area contributed by atoms with Gasteiger partial charge in [-0.15, -0.1) is 0 Å². The zero-order chi connectivity index (χ0) is 22.7. The molecule has 3 amide bonds. The molecule has 5 N–H and O–H groups in total. The molecule has 0 spiro atoms. The monoisotopic (exact) mass is 416 g/mol. The molecule has 0 saturated heterocycles. The van der Waals surface area contributed by atoms with Gasteiger partial charge in [0.15, 0.2) is 0 Å². The van der Waals surface area contributed by atoms with E-state index in [1.165, 1.54) is 24.6 Å². The molecule has 9 heteroatoms. The molecule has 0 aliphatic heterocycles. The average molecular weight is 416 g/mol. The van der Waals surface area contributed by atoms with Crippen molar-refractivity contribution in [3.8, 4) is 0 Å². The number of hydrogen-bond donors (Lipinski definition) is 5. The summed E-state index contributed by atoms with van der Waals surface area (Å²) in [7, 11) is 3.62. The van der Waals surface area contributed by atoms with Crippen LogP contribution in [0.3, 0.4) is 0 Å². The van der Waals surface area contributed by atoms with Crippen LogP contribution in [0.5, 0.6) is 0 Å². The van der Waals surface area contributed by atoms with E-state index in [1.807, 2.05) is 26.2 Å². The highest BCUT2D eigenvalue weighted by Gasteiger charge is 2.24. The van der Waals surface area contributed by atoms with E-state index in [2.05, 4.69) is 17.2 Å². The van der Waals surface area contributed by atoms with E-state index in [1.54, 1.807) is 29.2 Å². The van der Waals surface area contributed by atoms with Crippen LogP contribution in [0.1, 0.15) is 12.5 Å². The fourth-order valence-electron chi connectivity index (χ4n) is 2.43. The summed E-state index contributed by atoms with van der Waals surface area (Å²) in [6, 6.07) is 5.85. The summed E-state index contributed by atoms with van der Waals surface area (Å²) in [5.41, 5.74) is 3.60. The highest BCUT2D eigenvalue weighted by Crippen LogP contribution is 2.18. The molecule has 0 aromatic heterocycles. The second-order valence-electron chi connectivity index (χ2n) is 6.75. The van der Waals surface area contributed by atoms with Gasteiger partial charge in [0.2, 0.25) is 11.8 Å². The fraction of sp³-hybridized carbons (Fsp3) is 0.286. The van der Waals surface area contributed by atoms with Crippen molar-refractivity contribution in [3.63, 3.8) is 0 Å². The first kappa shape index (κ1) is 24.8. The van der Waals surface area contributed by atoms with Crippen LogP contribution < -0.4 is 16.1 Å². The Hall–Kier alpha value is -3.27. The number of nitrogens with one attached hydrogen (secondary N) is 3. The largest absolute Gasteiger partial charge is 0.391 e. The van der Waals surface area contributed by atoms with Crippen molar-refractivity contribution in [2.45, 2.75) is 19.1 Å². The number of hydroxylamine groups is 1. The Morgan fingerprint density at radius 3 is 2.33 bits per heavy atom. The SMILES string of the molecule is C=C/C(=C\C=C\C(=O)NC(C(=O)NO)C(C)O)c1ccc(NC(=O)CN(C)C)cc1. The molecule has 162 valence electrons. The first-order chi connectivity index (χ1) is 14.2. The van der Waals surface area contributed by atoms with Crippen molar-refractivity contribution in [1.29, 1.82) is 0 Å². The van der Waals surface area contributed by atoms with E-state index >= 15 is 0 Å². The summed E-state index contributed by atoms with van der Waals surface area (Å²) in [5.74, 6) is -1.67. The molecule has 2 atom stereocenters. The van der Waals surface area contributed by atoms with Crippen molar-refractivity contribution >= 4 is 29.0 Å². The summed E-state index contributed by atoms with van der Waals surface area (Å²) in [6.07, 6.45) is 4.72. The Bertz CT molecular complexity index is 813. The van der Waals surface area contributed by atoms with Crippen LogP contribution in [-0.2, 0) is 14.4 Å². The first-order valence-electron chi connectivity index (χ1n) is 9.16. The molecule has 0 saturated carbocycles. The molecular formula is C21H28N4O5. The number of nitrogens with zero attached hydrogens (tertiary/aromatic N) is 1. The molecule has 30 heavy (non-hydrogen) atoms. The van der Waals surface area contributed by atoms with Crippen LogP contribution in [0.15, 0.2) is 55.1 Å². The lowest BCUT2D eigenvalue weighted by Gasteiger charge is -2.18. The van der Waals surface area contributed by atoms with Gasteiger partial charge in [0, 0.05) is 11.8 Å². The van der Waals surface area contributed by atoms with Crippen LogP contribution >= 0.6 is 0 Å². The summed E-state index contributed by atoms with van der Waals surface area (Å²) < 4.78 is 0. The fourth-order valence-corrected chi connectivity index (χ4v) is 2.43. The van der Waals surface area contributed by atoms with Crippen LogP contribution in [0, 0.1) is 0 Å². The van der Waals surface area contributed by atoms with Gasteiger partial charge in [0.25, 0.3) is 5.91 Å². The number of carbonyl (C=O) groups excluding carboxylic acids is 3. The van der Waals surface area contributed by atoms with Crippen LogP contribution in [0.2, 0.25) is 0 Å². The molecule has 9 nitrogen and oxygen atoms in total. The van der Waals surface area contributed by atoms with E-state index in [-0.39, 0.29) is 12.5 Å². The molecule has 0 radical (unpaired) electrons. The number of allylic oxidation sites excluding steroid dienone is 4. The molecular weight excluding hydrogens is 388 g/mol. The first-order valence-corrected chi connectivity index (χ1v) is 9.16. The van der Waals surface area contributed by atoms with Crippen LogP contribution in [-0.4, -0.2) is 65.7 Å². The van der Waals surface area contributed by atoms with E-state index in [0.29, 0.717) is 5.69 Å². The number of aliphatic hydroxyl groups excluding tert-OH is 1. The third-order valence-corrected chi connectivity index (χ3v) is 3.88. The molecule has 0 heterocycles. The zero-order valence-electron chi connectivity index (χ0n) is 17.3. The maximum atomic E-state index is 11.9. The van der Waals surface area contributed by atoms with E-state index < -0.39 is 24.0 Å². The van der Waals surface area contributed by atoms with E-state index in [9.17, 15) is 19.5 Å². The molecule has 1 rings (SSSR count). The number of anilines is 1. The van der Waals surface area contributed by atoms with Gasteiger partial charge in [-0.25, -0.2) is 5.48 Å². The lowest BCUT2D eigenvalue weighted by molar-refractivity contribution is -0.136. The summed E-state index contributed by atoms with van der Waals surface area (Å²) in [5, 5.41) is 23.3. The molecule has 1 aromatic rings. The van der Waals surface area contributed by atoms with Gasteiger partial charge in [0.1, 0.15) is 6.04 Å². The van der Waals surface area contributed by atoms with Crippen LogP contribution in [0.25, 0.3) is 5.57 Å². The molecule has 0 fully saturated rings. The van der Waals surface area contributed by atoms with Crippen molar-refractivity contribution in [3.05, 3.63) is 60.7 Å². The van der Waals surface area contributed by atoms with E-state index in [0.717, 1.165) is 11.1 Å².